The van der Waals surface area contributed by atoms with Crippen LogP contribution >= 0.6 is 11.6 Å². The summed E-state index contributed by atoms with van der Waals surface area (Å²) in [7, 11) is 0. The lowest BCUT2D eigenvalue weighted by molar-refractivity contribution is -0.116. The zero-order valence-electron chi connectivity index (χ0n) is 10.9. The second-order valence-electron chi connectivity index (χ2n) is 4.71. The van der Waals surface area contributed by atoms with Gasteiger partial charge in [0.2, 0.25) is 5.91 Å². The molecule has 2 aromatic carbocycles. The van der Waals surface area contributed by atoms with Gasteiger partial charge in [-0.2, -0.15) is 0 Å². The monoisotopic (exact) mass is 301 g/mol. The molecular weight excluding hydrogens is 290 g/mol. The number of nitrogens with one attached hydrogen (secondary N) is 2. The van der Waals surface area contributed by atoms with Gasteiger partial charge in [-0.3, -0.25) is 9.59 Å². The van der Waals surface area contributed by atoms with Gasteiger partial charge in [0.05, 0.1) is 10.7 Å². The lowest BCUT2D eigenvalue weighted by Crippen LogP contribution is -2.20. The van der Waals surface area contributed by atoms with Crippen LogP contribution in [-0.4, -0.2) is 11.8 Å². The highest BCUT2D eigenvalue weighted by atomic mass is 35.5. The van der Waals surface area contributed by atoms with Crippen LogP contribution in [0.3, 0.4) is 0 Å². The Kier molecular flexibility index (Phi) is 3.27. The summed E-state index contributed by atoms with van der Waals surface area (Å²) in [5, 5.41) is 6.26. The van der Waals surface area contributed by atoms with E-state index in [9.17, 15) is 9.59 Å². The fourth-order valence-corrected chi connectivity index (χ4v) is 2.47. The summed E-state index contributed by atoms with van der Waals surface area (Å²) in [6.07, 6.45) is 0. The van der Waals surface area contributed by atoms with Crippen LogP contribution in [0.25, 0.3) is 0 Å². The maximum Gasteiger partial charge on any atom is 0.251 e. The number of carbonyl (C=O) groups excluding carboxylic acids is 2. The Morgan fingerprint density at radius 2 is 2.00 bits per heavy atom. The molecule has 0 aromatic heterocycles. The number of carbonyl (C=O) groups is 2. The molecule has 1 atom stereocenters. The van der Waals surface area contributed by atoms with Gasteiger partial charge in [-0.15, -0.1) is 0 Å². The topological polar surface area (TPSA) is 84.2 Å². The molecule has 3 rings (SSSR count). The Hall–Kier alpha value is -2.53. The van der Waals surface area contributed by atoms with E-state index in [-0.39, 0.29) is 5.91 Å². The SMILES string of the molecule is NC(=O)c1ccc(Cl)c(NC2C(=O)Nc3ccccc32)c1. The minimum Gasteiger partial charge on any atom is -0.369 e. The molecule has 0 spiro atoms. The molecule has 0 radical (unpaired) electrons. The van der Waals surface area contributed by atoms with E-state index in [2.05, 4.69) is 10.6 Å². The highest BCUT2D eigenvalue weighted by Crippen LogP contribution is 2.35. The highest BCUT2D eigenvalue weighted by molar-refractivity contribution is 6.33. The van der Waals surface area contributed by atoms with E-state index in [0.717, 1.165) is 11.3 Å². The van der Waals surface area contributed by atoms with Crippen molar-refractivity contribution in [1.82, 2.24) is 0 Å². The predicted octanol–water partition coefficient (Wildman–Crippen LogP) is 2.54. The summed E-state index contributed by atoms with van der Waals surface area (Å²) in [5.74, 6) is -0.720. The molecule has 21 heavy (non-hydrogen) atoms. The van der Waals surface area contributed by atoms with Crippen molar-refractivity contribution < 1.29 is 9.59 Å². The molecule has 0 saturated heterocycles. The molecule has 4 N–H and O–H groups in total. The number of fused-ring (bicyclic) bond motifs is 1. The normalized spacial score (nSPS) is 16.2. The zero-order valence-corrected chi connectivity index (χ0v) is 11.6. The van der Waals surface area contributed by atoms with Gasteiger partial charge in [-0.25, -0.2) is 0 Å². The Balaban J connectivity index is 1.96. The van der Waals surface area contributed by atoms with Crippen LogP contribution in [0.2, 0.25) is 5.02 Å². The predicted molar refractivity (Wildman–Crippen MR) is 81.4 cm³/mol. The Morgan fingerprint density at radius 1 is 1.24 bits per heavy atom. The number of benzene rings is 2. The van der Waals surface area contributed by atoms with Crippen LogP contribution in [0.4, 0.5) is 11.4 Å². The molecule has 6 heteroatoms. The third kappa shape index (κ3) is 2.43. The van der Waals surface area contributed by atoms with E-state index in [0.29, 0.717) is 16.3 Å². The molecule has 2 aromatic rings. The standard InChI is InChI=1S/C15H12ClN3O2/c16-10-6-5-8(14(17)20)7-12(10)18-13-9-3-1-2-4-11(9)19-15(13)21/h1-7,13,18H,(H2,17,20)(H,19,21). The Bertz CT molecular complexity index is 745. The van der Waals surface area contributed by atoms with Crippen LogP contribution in [0.5, 0.6) is 0 Å². The molecule has 5 nitrogen and oxygen atoms in total. The number of nitrogens with two attached hydrogens (primary N) is 1. The average Bonchev–Trinajstić information content (AvgIpc) is 2.77. The molecule has 1 aliphatic heterocycles. The van der Waals surface area contributed by atoms with Crippen molar-refractivity contribution in [1.29, 1.82) is 0 Å². The molecule has 0 bridgehead atoms. The van der Waals surface area contributed by atoms with Gasteiger partial charge in [0, 0.05) is 16.8 Å². The smallest absolute Gasteiger partial charge is 0.251 e. The van der Waals surface area contributed by atoms with E-state index in [1.165, 1.54) is 0 Å². The maximum atomic E-state index is 12.1. The third-order valence-corrected chi connectivity index (χ3v) is 3.67. The Labute approximate surface area is 126 Å². The zero-order chi connectivity index (χ0) is 15.0. The van der Waals surface area contributed by atoms with E-state index in [1.807, 2.05) is 24.3 Å². The summed E-state index contributed by atoms with van der Waals surface area (Å²) >= 11 is 6.11. The number of halogens is 1. The first-order valence-electron chi connectivity index (χ1n) is 6.32. The van der Waals surface area contributed by atoms with Crippen molar-refractivity contribution in [3.05, 3.63) is 58.6 Å². The Morgan fingerprint density at radius 3 is 2.76 bits per heavy atom. The van der Waals surface area contributed by atoms with Crippen LogP contribution in [0.15, 0.2) is 42.5 Å². The molecule has 106 valence electrons. The molecule has 0 fully saturated rings. The van der Waals surface area contributed by atoms with Crippen molar-refractivity contribution in [2.24, 2.45) is 5.73 Å². The molecular formula is C15H12ClN3O2. The molecule has 1 aliphatic rings. The first kappa shape index (κ1) is 13.5. The lowest BCUT2D eigenvalue weighted by Gasteiger charge is -2.15. The lowest BCUT2D eigenvalue weighted by atomic mass is 10.1. The molecule has 1 unspecified atom stereocenters. The number of amides is 2. The molecule has 0 aliphatic carbocycles. The van der Waals surface area contributed by atoms with Gasteiger partial charge in [0.1, 0.15) is 6.04 Å². The second-order valence-corrected chi connectivity index (χ2v) is 5.12. The number of primary amides is 1. The first-order chi connectivity index (χ1) is 10.1. The van der Waals surface area contributed by atoms with Gasteiger partial charge in [-0.1, -0.05) is 29.8 Å². The van der Waals surface area contributed by atoms with E-state index < -0.39 is 11.9 Å². The number of rotatable bonds is 3. The van der Waals surface area contributed by atoms with Crippen molar-refractivity contribution in [2.45, 2.75) is 6.04 Å². The number of anilines is 2. The van der Waals surface area contributed by atoms with Gasteiger partial charge in [-0.05, 0) is 24.3 Å². The number of hydrogen-bond acceptors (Lipinski definition) is 3. The molecule has 0 saturated carbocycles. The van der Waals surface area contributed by atoms with Gasteiger partial charge in [0.15, 0.2) is 0 Å². The van der Waals surface area contributed by atoms with E-state index in [4.69, 9.17) is 17.3 Å². The van der Waals surface area contributed by atoms with Crippen molar-refractivity contribution >= 4 is 34.8 Å². The quantitative estimate of drug-likeness (QED) is 0.814. The molecule has 1 heterocycles. The minimum atomic E-state index is -0.554. The van der Waals surface area contributed by atoms with Crippen molar-refractivity contribution in [3.63, 3.8) is 0 Å². The van der Waals surface area contributed by atoms with Crippen LogP contribution in [0.1, 0.15) is 22.0 Å². The first-order valence-corrected chi connectivity index (χ1v) is 6.70. The maximum absolute atomic E-state index is 12.1. The van der Waals surface area contributed by atoms with Crippen molar-refractivity contribution in [2.75, 3.05) is 10.6 Å². The summed E-state index contributed by atoms with van der Waals surface area (Å²) in [6.45, 7) is 0. The number of para-hydroxylation sites is 1. The van der Waals surface area contributed by atoms with Gasteiger partial charge in [0.25, 0.3) is 5.91 Å². The molecule has 2 amide bonds. The third-order valence-electron chi connectivity index (χ3n) is 3.34. The van der Waals surface area contributed by atoms with Gasteiger partial charge >= 0.3 is 0 Å². The highest BCUT2D eigenvalue weighted by Gasteiger charge is 2.30. The van der Waals surface area contributed by atoms with Crippen molar-refractivity contribution in [3.8, 4) is 0 Å². The van der Waals surface area contributed by atoms with Crippen LogP contribution in [-0.2, 0) is 4.79 Å². The second kappa shape index (κ2) is 5.10. The number of hydrogen-bond donors (Lipinski definition) is 3. The fraction of sp³-hybridized carbons (Fsp3) is 0.0667. The van der Waals surface area contributed by atoms with E-state index >= 15 is 0 Å². The average molecular weight is 302 g/mol. The van der Waals surface area contributed by atoms with Gasteiger partial charge < -0.3 is 16.4 Å². The largest absolute Gasteiger partial charge is 0.369 e. The summed E-state index contributed by atoms with van der Waals surface area (Å²) in [6, 6.07) is 11.5. The van der Waals surface area contributed by atoms with E-state index in [1.54, 1.807) is 18.2 Å². The summed E-state index contributed by atoms with van der Waals surface area (Å²) in [5.41, 5.74) is 7.68. The van der Waals surface area contributed by atoms with Crippen LogP contribution in [0, 0.1) is 0 Å². The minimum absolute atomic E-state index is 0.170. The summed E-state index contributed by atoms with van der Waals surface area (Å²) < 4.78 is 0. The van der Waals surface area contributed by atoms with Crippen LogP contribution < -0.4 is 16.4 Å². The summed E-state index contributed by atoms with van der Waals surface area (Å²) in [4.78, 5) is 23.3. The fourth-order valence-electron chi connectivity index (χ4n) is 2.30.